The zero-order chi connectivity index (χ0) is 38.0. The van der Waals surface area contributed by atoms with Gasteiger partial charge < -0.3 is 81.6 Å². The molecule has 1 aromatic rings. The van der Waals surface area contributed by atoms with Crippen LogP contribution in [0.25, 0.3) is 0 Å². The molecule has 0 aliphatic carbocycles. The van der Waals surface area contributed by atoms with Crippen LogP contribution in [0.15, 0.2) is 18.2 Å². The normalized spacial score (nSPS) is 11.5. The SMILES string of the molecule is OCCOCCOCCOCCOCCOc1ccc(OCCOCCOCCOCCOCCO)c(CCOCCOCCOCCOCCO)c1. The Morgan fingerprint density at radius 2 is 0.585 bits per heavy atom. The van der Waals surface area contributed by atoms with Crippen molar-refractivity contribution < 1.29 is 81.6 Å². The molecule has 17 nitrogen and oxygen atoms in total. The van der Waals surface area contributed by atoms with Gasteiger partial charge in [0.1, 0.15) is 24.7 Å². The number of aliphatic hydroxyl groups excluding tert-OH is 3. The molecule has 17 heteroatoms. The lowest BCUT2D eigenvalue weighted by Crippen LogP contribution is -2.15. The molecular formula is C36H66O17. The van der Waals surface area contributed by atoms with Crippen LogP contribution in [-0.4, -0.2) is 207 Å². The van der Waals surface area contributed by atoms with Crippen LogP contribution in [0.3, 0.4) is 0 Å². The Hall–Kier alpha value is -1.78. The van der Waals surface area contributed by atoms with E-state index in [1.54, 1.807) is 0 Å². The molecule has 0 unspecified atom stereocenters. The molecule has 0 atom stereocenters. The van der Waals surface area contributed by atoms with E-state index in [0.717, 1.165) is 11.3 Å². The van der Waals surface area contributed by atoms with E-state index in [9.17, 15) is 0 Å². The van der Waals surface area contributed by atoms with Gasteiger partial charge in [-0.25, -0.2) is 0 Å². The average molecular weight is 771 g/mol. The number of aliphatic hydroxyl groups is 3. The molecule has 3 N–H and O–H groups in total. The summed E-state index contributed by atoms with van der Waals surface area (Å²) in [6, 6.07) is 5.70. The first-order valence-corrected chi connectivity index (χ1v) is 18.5. The van der Waals surface area contributed by atoms with Gasteiger partial charge in [-0.3, -0.25) is 0 Å². The van der Waals surface area contributed by atoms with Crippen LogP contribution in [0, 0.1) is 0 Å². The number of ether oxygens (including phenoxy) is 14. The summed E-state index contributed by atoms with van der Waals surface area (Å²) in [5.74, 6) is 1.43. The minimum absolute atomic E-state index is 0.00274. The smallest absolute Gasteiger partial charge is 0.122 e. The Morgan fingerprint density at radius 3 is 0.925 bits per heavy atom. The fourth-order valence-electron chi connectivity index (χ4n) is 4.07. The number of rotatable bonds is 44. The molecule has 312 valence electrons. The molecule has 1 rings (SSSR count). The van der Waals surface area contributed by atoms with Crippen LogP contribution in [0.2, 0.25) is 0 Å². The zero-order valence-electron chi connectivity index (χ0n) is 31.5. The quantitative estimate of drug-likeness (QED) is 0.0761. The Morgan fingerprint density at radius 1 is 0.302 bits per heavy atom. The zero-order valence-corrected chi connectivity index (χ0v) is 31.5. The van der Waals surface area contributed by atoms with E-state index in [4.69, 9.17) is 81.6 Å². The Bertz CT molecular complexity index is 869. The molecule has 0 aromatic heterocycles. The second-order valence-electron chi connectivity index (χ2n) is 10.7. The highest BCUT2D eigenvalue weighted by Gasteiger charge is 2.08. The van der Waals surface area contributed by atoms with E-state index in [1.165, 1.54) is 0 Å². The van der Waals surface area contributed by atoms with Gasteiger partial charge in [0.25, 0.3) is 0 Å². The van der Waals surface area contributed by atoms with Crippen molar-refractivity contribution in [2.45, 2.75) is 6.42 Å². The van der Waals surface area contributed by atoms with Crippen molar-refractivity contribution in [3.05, 3.63) is 23.8 Å². The maximum Gasteiger partial charge on any atom is 0.122 e. The molecule has 0 aliphatic rings. The molecule has 0 spiro atoms. The van der Waals surface area contributed by atoms with E-state index >= 15 is 0 Å². The van der Waals surface area contributed by atoms with Gasteiger partial charge in [0.2, 0.25) is 0 Å². The van der Waals surface area contributed by atoms with Gasteiger partial charge in [-0.1, -0.05) is 0 Å². The minimum Gasteiger partial charge on any atom is -0.491 e. The van der Waals surface area contributed by atoms with Gasteiger partial charge in [-0.15, -0.1) is 0 Å². The van der Waals surface area contributed by atoms with Gasteiger partial charge in [0.05, 0.1) is 178 Å². The predicted molar refractivity (Wildman–Crippen MR) is 192 cm³/mol. The lowest BCUT2D eigenvalue weighted by atomic mass is 10.1. The first-order valence-electron chi connectivity index (χ1n) is 18.5. The minimum atomic E-state index is 0.00274. The summed E-state index contributed by atoms with van der Waals surface area (Å²) in [6.45, 7) is 11.2. The number of benzene rings is 1. The van der Waals surface area contributed by atoms with Crippen molar-refractivity contribution in [2.75, 3.05) is 192 Å². The third kappa shape index (κ3) is 34.4. The molecule has 0 saturated heterocycles. The van der Waals surface area contributed by atoms with E-state index in [2.05, 4.69) is 0 Å². The molecule has 0 aliphatic heterocycles. The van der Waals surface area contributed by atoms with Crippen LogP contribution in [0.4, 0.5) is 0 Å². The van der Waals surface area contributed by atoms with Crippen LogP contribution < -0.4 is 9.47 Å². The summed E-state index contributed by atoms with van der Waals surface area (Å²) in [5.41, 5.74) is 0.946. The second-order valence-corrected chi connectivity index (χ2v) is 10.7. The van der Waals surface area contributed by atoms with Crippen molar-refractivity contribution in [2.24, 2.45) is 0 Å². The van der Waals surface area contributed by atoms with Gasteiger partial charge in [-0.2, -0.15) is 0 Å². The van der Waals surface area contributed by atoms with Crippen LogP contribution >= 0.6 is 0 Å². The van der Waals surface area contributed by atoms with Crippen molar-refractivity contribution in [1.29, 1.82) is 0 Å². The van der Waals surface area contributed by atoms with E-state index in [0.29, 0.717) is 184 Å². The molecule has 0 amide bonds. The highest BCUT2D eigenvalue weighted by Crippen LogP contribution is 2.25. The third-order valence-corrected chi connectivity index (χ3v) is 6.58. The Labute approximate surface area is 314 Å². The summed E-state index contributed by atoms with van der Waals surface area (Å²) < 4.78 is 77.1. The molecule has 0 fully saturated rings. The standard InChI is InChI=1S/C36H66O17/c37-4-8-41-12-16-45-20-19-44-15-11-40-7-3-34-33-35(52-31-29-50-27-25-48-23-21-46-17-13-42-9-5-38)1-2-36(34)53-32-30-51-28-26-49-24-22-47-18-14-43-10-6-39/h1-2,33,37-39H,3-32H2. The molecule has 1 aromatic carbocycles. The van der Waals surface area contributed by atoms with Gasteiger partial charge in [0, 0.05) is 5.56 Å². The van der Waals surface area contributed by atoms with Crippen LogP contribution in [0.1, 0.15) is 5.56 Å². The van der Waals surface area contributed by atoms with Gasteiger partial charge in [0.15, 0.2) is 0 Å². The summed E-state index contributed by atoms with van der Waals surface area (Å²) in [7, 11) is 0. The molecular weight excluding hydrogens is 704 g/mol. The molecule has 0 saturated carbocycles. The van der Waals surface area contributed by atoms with E-state index in [1.807, 2.05) is 18.2 Å². The van der Waals surface area contributed by atoms with Crippen molar-refractivity contribution >= 4 is 0 Å². The fourth-order valence-corrected chi connectivity index (χ4v) is 4.07. The van der Waals surface area contributed by atoms with Gasteiger partial charge >= 0.3 is 0 Å². The van der Waals surface area contributed by atoms with Crippen molar-refractivity contribution in [1.82, 2.24) is 0 Å². The summed E-state index contributed by atoms with van der Waals surface area (Å²) in [5, 5.41) is 26.0. The molecule has 0 heterocycles. The summed E-state index contributed by atoms with van der Waals surface area (Å²) in [6.07, 6.45) is 0.612. The first kappa shape index (κ1) is 49.2. The molecule has 0 radical (unpaired) electrons. The van der Waals surface area contributed by atoms with Crippen molar-refractivity contribution in [3.63, 3.8) is 0 Å². The van der Waals surface area contributed by atoms with Crippen LogP contribution in [0.5, 0.6) is 11.5 Å². The highest BCUT2D eigenvalue weighted by molar-refractivity contribution is 5.40. The Balaban J connectivity index is 2.29. The third-order valence-electron chi connectivity index (χ3n) is 6.58. The maximum atomic E-state index is 8.69. The number of hydrogen-bond acceptors (Lipinski definition) is 17. The first-order chi connectivity index (χ1) is 26.3. The fraction of sp³-hybridized carbons (Fsp3) is 0.833. The maximum absolute atomic E-state index is 8.69. The van der Waals surface area contributed by atoms with Crippen LogP contribution in [-0.2, 0) is 63.3 Å². The lowest BCUT2D eigenvalue weighted by molar-refractivity contribution is -0.00795. The monoisotopic (exact) mass is 770 g/mol. The van der Waals surface area contributed by atoms with Crippen molar-refractivity contribution in [3.8, 4) is 11.5 Å². The van der Waals surface area contributed by atoms with E-state index < -0.39 is 0 Å². The lowest BCUT2D eigenvalue weighted by Gasteiger charge is -2.15. The molecule has 53 heavy (non-hydrogen) atoms. The largest absolute Gasteiger partial charge is 0.491 e. The summed E-state index contributed by atoms with van der Waals surface area (Å²) in [4.78, 5) is 0. The predicted octanol–water partition coefficient (Wildman–Crippen LogP) is 0.163. The summed E-state index contributed by atoms with van der Waals surface area (Å²) >= 11 is 0. The highest BCUT2D eigenvalue weighted by atomic mass is 16.6. The Kier molecular flexibility index (Phi) is 38.4. The van der Waals surface area contributed by atoms with E-state index in [-0.39, 0.29) is 19.8 Å². The topological polar surface area (TPSA) is 190 Å². The second kappa shape index (κ2) is 41.4. The molecule has 0 bridgehead atoms. The number of hydrogen-bond donors (Lipinski definition) is 3. The van der Waals surface area contributed by atoms with Gasteiger partial charge in [-0.05, 0) is 24.6 Å². The average Bonchev–Trinajstić information content (AvgIpc) is 3.17.